The van der Waals surface area contributed by atoms with Gasteiger partial charge in [-0.25, -0.2) is 0 Å². The largest absolute Gasteiger partial charge is 0.497 e. The topological polar surface area (TPSA) is 128 Å². The number of carbonyl (C=O) groups is 2. The number of amides is 2. The number of nitrogens with one attached hydrogen (secondary N) is 1. The van der Waals surface area contributed by atoms with E-state index in [0.29, 0.717) is 27.6 Å². The van der Waals surface area contributed by atoms with Gasteiger partial charge in [0.2, 0.25) is 0 Å². The molecule has 4 rings (SSSR count). The zero-order valence-corrected chi connectivity index (χ0v) is 21.7. The molecule has 2 atom stereocenters. The van der Waals surface area contributed by atoms with Crippen LogP contribution in [0.1, 0.15) is 52.0 Å². The minimum absolute atomic E-state index is 0.0992. The number of rotatable bonds is 8. The lowest BCUT2D eigenvalue weighted by atomic mass is 9.89. The Morgan fingerprint density at radius 2 is 1.71 bits per heavy atom. The Balaban J connectivity index is 1.58. The summed E-state index contributed by atoms with van der Waals surface area (Å²) >= 11 is 6.54. The van der Waals surface area contributed by atoms with Crippen molar-refractivity contribution in [1.82, 2.24) is 4.90 Å². The van der Waals surface area contributed by atoms with Crippen LogP contribution in [0.3, 0.4) is 0 Å². The summed E-state index contributed by atoms with van der Waals surface area (Å²) in [4.78, 5) is 38.6. The molecule has 3 aromatic rings. The number of methoxy groups -OCH3 is 1. The van der Waals surface area contributed by atoms with E-state index in [1.807, 2.05) is 0 Å². The Morgan fingerprint density at radius 1 is 1.05 bits per heavy atom. The van der Waals surface area contributed by atoms with Gasteiger partial charge in [-0.1, -0.05) is 24.4 Å². The van der Waals surface area contributed by atoms with E-state index < -0.39 is 10.8 Å². The maximum atomic E-state index is 13.7. The number of nitro groups is 1. The van der Waals surface area contributed by atoms with E-state index in [0.717, 1.165) is 25.7 Å². The molecule has 0 aromatic heterocycles. The quantitative estimate of drug-likeness (QED) is 0.292. The highest BCUT2D eigenvalue weighted by Gasteiger charge is 2.32. The molecule has 9 nitrogen and oxygen atoms in total. The Hall–Kier alpha value is -3.95. The standard InChI is InChI=1S/C28H29ClN4O5/c1-38-23-13-8-19(9-14-23)28(35)32(26-5-3-2-4-25(26)30)17-20-16-21(10-15-24(20)29)31-27(34)18-6-11-22(12-7-18)33(36)37/h6-16,25-26H,2-5,17,30H2,1H3,(H,31,34). The maximum absolute atomic E-state index is 13.7. The van der Waals surface area contributed by atoms with Gasteiger partial charge in [0.15, 0.2) is 0 Å². The van der Waals surface area contributed by atoms with E-state index in [-0.39, 0.29) is 35.8 Å². The maximum Gasteiger partial charge on any atom is 0.269 e. The lowest BCUT2D eigenvalue weighted by Crippen LogP contribution is -2.51. The molecule has 1 fully saturated rings. The van der Waals surface area contributed by atoms with E-state index in [1.165, 1.54) is 24.3 Å². The first-order chi connectivity index (χ1) is 18.3. The van der Waals surface area contributed by atoms with E-state index in [2.05, 4.69) is 5.32 Å². The summed E-state index contributed by atoms with van der Waals surface area (Å²) in [5, 5.41) is 14.1. The summed E-state index contributed by atoms with van der Waals surface area (Å²) < 4.78 is 5.22. The van der Waals surface area contributed by atoms with Crippen LogP contribution < -0.4 is 15.8 Å². The molecule has 1 saturated carbocycles. The summed E-state index contributed by atoms with van der Waals surface area (Å²) in [6, 6.07) is 17.0. The monoisotopic (exact) mass is 536 g/mol. The lowest BCUT2D eigenvalue weighted by Gasteiger charge is -2.38. The number of carbonyl (C=O) groups excluding carboxylic acids is 2. The molecular weight excluding hydrogens is 508 g/mol. The summed E-state index contributed by atoms with van der Waals surface area (Å²) in [6.45, 7) is 0.212. The third-order valence-electron chi connectivity index (χ3n) is 6.76. The second kappa shape index (κ2) is 12.1. The summed E-state index contributed by atoms with van der Waals surface area (Å²) in [7, 11) is 1.57. The molecule has 0 aliphatic heterocycles. The predicted octanol–water partition coefficient (Wildman–Crippen LogP) is 5.42. The van der Waals surface area contributed by atoms with Gasteiger partial charge in [-0.15, -0.1) is 0 Å². The van der Waals surface area contributed by atoms with Gasteiger partial charge >= 0.3 is 0 Å². The van der Waals surface area contributed by atoms with Gasteiger partial charge in [0, 0.05) is 52.6 Å². The van der Waals surface area contributed by atoms with Gasteiger partial charge in [-0.2, -0.15) is 0 Å². The predicted molar refractivity (Wildman–Crippen MR) is 146 cm³/mol. The number of nitro benzene ring substituents is 1. The lowest BCUT2D eigenvalue weighted by molar-refractivity contribution is -0.384. The van der Waals surface area contributed by atoms with Crippen molar-refractivity contribution in [2.75, 3.05) is 12.4 Å². The third kappa shape index (κ3) is 6.30. The van der Waals surface area contributed by atoms with E-state index >= 15 is 0 Å². The molecule has 0 heterocycles. The highest BCUT2D eigenvalue weighted by molar-refractivity contribution is 6.31. The fraction of sp³-hybridized carbons (Fsp3) is 0.286. The molecule has 38 heavy (non-hydrogen) atoms. The van der Waals surface area contributed by atoms with Gasteiger partial charge in [0.25, 0.3) is 17.5 Å². The van der Waals surface area contributed by atoms with Crippen LogP contribution in [0.2, 0.25) is 5.02 Å². The summed E-state index contributed by atoms with van der Waals surface area (Å²) in [5.74, 6) is 0.0713. The molecule has 198 valence electrons. The Labute approximate surface area is 225 Å². The summed E-state index contributed by atoms with van der Waals surface area (Å²) in [6.07, 6.45) is 3.62. The molecule has 0 spiro atoms. The van der Waals surface area contributed by atoms with Crippen molar-refractivity contribution < 1.29 is 19.2 Å². The SMILES string of the molecule is COc1ccc(C(=O)N(Cc2cc(NC(=O)c3ccc([N+](=O)[O-])cc3)ccc2Cl)C2CCCCC2N)cc1. The van der Waals surface area contributed by atoms with Crippen LogP contribution in [-0.4, -0.2) is 40.8 Å². The van der Waals surface area contributed by atoms with Gasteiger partial charge in [0.05, 0.1) is 12.0 Å². The number of anilines is 1. The van der Waals surface area contributed by atoms with Crippen LogP contribution in [0, 0.1) is 10.1 Å². The Morgan fingerprint density at radius 3 is 2.34 bits per heavy atom. The van der Waals surface area contributed by atoms with Crippen LogP contribution in [0.15, 0.2) is 66.7 Å². The second-order valence-corrected chi connectivity index (χ2v) is 9.65. The van der Waals surface area contributed by atoms with Crippen LogP contribution in [0.25, 0.3) is 0 Å². The number of non-ortho nitro benzene ring substituents is 1. The van der Waals surface area contributed by atoms with Gasteiger partial charge in [-0.3, -0.25) is 19.7 Å². The van der Waals surface area contributed by atoms with Crippen molar-refractivity contribution in [3.8, 4) is 5.75 Å². The molecule has 3 aromatic carbocycles. The molecule has 0 saturated heterocycles. The first-order valence-electron chi connectivity index (χ1n) is 12.3. The van der Waals surface area contributed by atoms with Gasteiger partial charge in [-0.05, 0) is 73.0 Å². The number of benzene rings is 3. The third-order valence-corrected chi connectivity index (χ3v) is 7.13. The molecule has 3 N–H and O–H groups in total. The van der Waals surface area contributed by atoms with Crippen molar-refractivity contribution >= 4 is 34.8 Å². The molecular formula is C28H29ClN4O5. The number of halogens is 1. The van der Waals surface area contributed by atoms with E-state index in [4.69, 9.17) is 22.1 Å². The Bertz CT molecular complexity index is 1310. The molecule has 1 aliphatic rings. The molecule has 10 heteroatoms. The van der Waals surface area contributed by atoms with E-state index in [1.54, 1.807) is 54.5 Å². The Kier molecular flexibility index (Phi) is 8.60. The van der Waals surface area contributed by atoms with Crippen LogP contribution in [0.5, 0.6) is 5.75 Å². The van der Waals surface area contributed by atoms with Crippen molar-refractivity contribution in [3.63, 3.8) is 0 Å². The zero-order valence-electron chi connectivity index (χ0n) is 20.9. The normalized spacial score (nSPS) is 16.9. The highest BCUT2D eigenvalue weighted by atomic mass is 35.5. The number of nitrogens with two attached hydrogens (primary N) is 1. The minimum Gasteiger partial charge on any atom is -0.497 e. The first kappa shape index (κ1) is 27.1. The second-order valence-electron chi connectivity index (χ2n) is 9.24. The fourth-order valence-electron chi connectivity index (χ4n) is 4.66. The minimum atomic E-state index is -0.523. The van der Waals surface area contributed by atoms with Gasteiger partial charge in [0.1, 0.15) is 5.75 Å². The van der Waals surface area contributed by atoms with Crippen LogP contribution >= 0.6 is 11.6 Å². The molecule has 0 radical (unpaired) electrons. The average molecular weight is 537 g/mol. The number of hydrogen-bond donors (Lipinski definition) is 2. The average Bonchev–Trinajstić information content (AvgIpc) is 2.93. The zero-order chi connectivity index (χ0) is 27.2. The molecule has 0 bridgehead atoms. The van der Waals surface area contributed by atoms with Gasteiger partial charge < -0.3 is 20.7 Å². The first-order valence-corrected chi connectivity index (χ1v) is 12.7. The van der Waals surface area contributed by atoms with Crippen molar-refractivity contribution in [1.29, 1.82) is 0 Å². The number of hydrogen-bond acceptors (Lipinski definition) is 6. The van der Waals surface area contributed by atoms with Crippen LogP contribution in [-0.2, 0) is 6.54 Å². The molecule has 2 amide bonds. The van der Waals surface area contributed by atoms with Crippen molar-refractivity contribution in [2.24, 2.45) is 5.73 Å². The van der Waals surface area contributed by atoms with Crippen molar-refractivity contribution in [3.05, 3.63) is 98.6 Å². The van der Waals surface area contributed by atoms with Crippen LogP contribution in [0.4, 0.5) is 11.4 Å². The smallest absolute Gasteiger partial charge is 0.269 e. The molecule has 1 aliphatic carbocycles. The highest BCUT2D eigenvalue weighted by Crippen LogP contribution is 2.29. The van der Waals surface area contributed by atoms with Crippen molar-refractivity contribution in [2.45, 2.75) is 44.3 Å². The number of nitrogens with zero attached hydrogens (tertiary/aromatic N) is 2. The fourth-order valence-corrected chi connectivity index (χ4v) is 4.84. The number of ether oxygens (including phenoxy) is 1. The molecule has 2 unspecified atom stereocenters. The van der Waals surface area contributed by atoms with E-state index in [9.17, 15) is 19.7 Å². The summed E-state index contributed by atoms with van der Waals surface area (Å²) in [5.41, 5.74) is 8.31.